The average molecular weight is 317 g/mol. The van der Waals surface area contributed by atoms with Gasteiger partial charge in [-0.1, -0.05) is 11.6 Å². The third kappa shape index (κ3) is 4.34. The van der Waals surface area contributed by atoms with Crippen molar-refractivity contribution >= 4 is 21.6 Å². The SMILES string of the molecule is CNCCNS(=O)(=O)c1ccc(Cl)c(C(F)(F)F)c1. The van der Waals surface area contributed by atoms with Gasteiger partial charge in [0.1, 0.15) is 0 Å². The molecule has 0 saturated heterocycles. The third-order valence-electron chi connectivity index (χ3n) is 2.22. The molecule has 0 aliphatic heterocycles. The second kappa shape index (κ2) is 6.08. The zero-order chi connectivity index (χ0) is 14.7. The van der Waals surface area contributed by atoms with E-state index in [0.717, 1.165) is 12.1 Å². The number of benzene rings is 1. The molecule has 1 aromatic carbocycles. The molecule has 0 bridgehead atoms. The Morgan fingerprint density at radius 1 is 1.26 bits per heavy atom. The lowest BCUT2D eigenvalue weighted by Crippen LogP contribution is -2.30. The molecule has 4 nitrogen and oxygen atoms in total. The van der Waals surface area contributed by atoms with E-state index in [-0.39, 0.29) is 6.54 Å². The first-order valence-electron chi connectivity index (χ1n) is 5.19. The van der Waals surface area contributed by atoms with E-state index in [0.29, 0.717) is 12.6 Å². The normalized spacial score (nSPS) is 12.7. The number of rotatable bonds is 5. The summed E-state index contributed by atoms with van der Waals surface area (Å²) in [5.41, 5.74) is -1.18. The summed E-state index contributed by atoms with van der Waals surface area (Å²) in [5.74, 6) is 0. The standard InChI is InChI=1S/C10H12ClF3N2O2S/c1-15-4-5-16-19(17,18)7-2-3-9(11)8(6-7)10(12,13)14/h2-3,6,15-16H,4-5H2,1H3. The Balaban J connectivity index is 3.09. The maximum absolute atomic E-state index is 12.6. The predicted octanol–water partition coefficient (Wildman–Crippen LogP) is 1.86. The third-order valence-corrected chi connectivity index (χ3v) is 4.01. The molecule has 0 radical (unpaired) electrons. The van der Waals surface area contributed by atoms with Gasteiger partial charge in [-0.25, -0.2) is 13.1 Å². The summed E-state index contributed by atoms with van der Waals surface area (Å²) in [6.45, 7) is 0.432. The van der Waals surface area contributed by atoms with E-state index in [9.17, 15) is 21.6 Å². The molecular formula is C10H12ClF3N2O2S. The summed E-state index contributed by atoms with van der Waals surface area (Å²) in [6.07, 6.45) is -4.70. The number of likely N-dealkylation sites (N-methyl/N-ethyl adjacent to an activating group) is 1. The van der Waals surface area contributed by atoms with E-state index >= 15 is 0 Å². The molecule has 0 saturated carbocycles. The van der Waals surface area contributed by atoms with Crippen LogP contribution in [0, 0.1) is 0 Å². The molecule has 1 rings (SSSR count). The molecule has 0 spiro atoms. The van der Waals surface area contributed by atoms with Gasteiger partial charge in [-0.15, -0.1) is 0 Å². The lowest BCUT2D eigenvalue weighted by molar-refractivity contribution is -0.137. The molecule has 0 aliphatic rings. The molecule has 108 valence electrons. The molecule has 1 aromatic rings. The van der Waals surface area contributed by atoms with Crippen LogP contribution >= 0.6 is 11.6 Å². The minimum absolute atomic E-state index is 0.0722. The van der Waals surface area contributed by atoms with Gasteiger partial charge in [-0.2, -0.15) is 13.2 Å². The van der Waals surface area contributed by atoms with Gasteiger partial charge in [0.25, 0.3) is 0 Å². The number of halogens is 4. The van der Waals surface area contributed by atoms with Crippen LogP contribution in [0.4, 0.5) is 13.2 Å². The highest BCUT2D eigenvalue weighted by atomic mass is 35.5. The topological polar surface area (TPSA) is 58.2 Å². The minimum atomic E-state index is -4.70. The van der Waals surface area contributed by atoms with Gasteiger partial charge in [-0.05, 0) is 25.2 Å². The molecule has 0 unspecified atom stereocenters. The Morgan fingerprint density at radius 3 is 2.42 bits per heavy atom. The molecule has 0 aliphatic carbocycles. The molecule has 0 aromatic heterocycles. The summed E-state index contributed by atoms with van der Waals surface area (Å²) < 4.78 is 63.5. The Bertz CT molecular complexity index is 546. The molecule has 0 atom stereocenters. The summed E-state index contributed by atoms with van der Waals surface area (Å²) in [6, 6.07) is 2.46. The van der Waals surface area contributed by atoms with E-state index in [4.69, 9.17) is 11.6 Å². The van der Waals surface area contributed by atoms with Gasteiger partial charge in [0.2, 0.25) is 10.0 Å². The first-order valence-corrected chi connectivity index (χ1v) is 7.05. The second-order valence-electron chi connectivity index (χ2n) is 3.64. The van der Waals surface area contributed by atoms with Crippen molar-refractivity contribution in [3.05, 3.63) is 28.8 Å². The van der Waals surface area contributed by atoms with Crippen molar-refractivity contribution in [2.24, 2.45) is 0 Å². The molecule has 0 fully saturated rings. The largest absolute Gasteiger partial charge is 0.417 e. The van der Waals surface area contributed by atoms with Crippen LogP contribution in [0.15, 0.2) is 23.1 Å². The molecule has 0 heterocycles. The predicted molar refractivity (Wildman–Crippen MR) is 65.6 cm³/mol. The van der Waals surface area contributed by atoms with Crippen LogP contribution in [0.2, 0.25) is 5.02 Å². The van der Waals surface area contributed by atoms with Crippen molar-refractivity contribution in [3.63, 3.8) is 0 Å². The zero-order valence-electron chi connectivity index (χ0n) is 9.88. The lowest BCUT2D eigenvalue weighted by atomic mass is 10.2. The van der Waals surface area contributed by atoms with Crippen molar-refractivity contribution in [2.45, 2.75) is 11.1 Å². The first kappa shape index (κ1) is 16.2. The molecule has 0 amide bonds. The van der Waals surface area contributed by atoms with Crippen LogP contribution in [-0.2, 0) is 16.2 Å². The van der Waals surface area contributed by atoms with Crippen LogP contribution in [0.1, 0.15) is 5.56 Å². The van der Waals surface area contributed by atoms with Gasteiger partial charge in [0, 0.05) is 13.1 Å². The van der Waals surface area contributed by atoms with Crippen molar-refractivity contribution < 1.29 is 21.6 Å². The lowest BCUT2D eigenvalue weighted by Gasteiger charge is -2.12. The Hall–Kier alpha value is -0.830. The monoisotopic (exact) mass is 316 g/mol. The number of hydrogen-bond acceptors (Lipinski definition) is 3. The van der Waals surface area contributed by atoms with E-state index in [1.165, 1.54) is 0 Å². The average Bonchev–Trinajstić information content (AvgIpc) is 2.27. The fourth-order valence-corrected chi connectivity index (χ4v) is 2.56. The van der Waals surface area contributed by atoms with Crippen LogP contribution in [0.25, 0.3) is 0 Å². The minimum Gasteiger partial charge on any atom is -0.318 e. The highest BCUT2D eigenvalue weighted by molar-refractivity contribution is 7.89. The summed E-state index contributed by atoms with van der Waals surface area (Å²) in [5, 5.41) is 2.17. The van der Waals surface area contributed by atoms with Crippen LogP contribution < -0.4 is 10.0 Å². The summed E-state index contributed by atoms with van der Waals surface area (Å²) >= 11 is 5.41. The first-order chi connectivity index (χ1) is 8.68. The Morgan fingerprint density at radius 2 is 1.89 bits per heavy atom. The highest BCUT2D eigenvalue weighted by Crippen LogP contribution is 2.35. The van der Waals surface area contributed by atoms with Crippen LogP contribution in [0.5, 0.6) is 0 Å². The molecule has 2 N–H and O–H groups in total. The van der Waals surface area contributed by atoms with Gasteiger partial charge >= 0.3 is 6.18 Å². The maximum Gasteiger partial charge on any atom is 0.417 e. The summed E-state index contributed by atoms with van der Waals surface area (Å²) in [7, 11) is -2.36. The van der Waals surface area contributed by atoms with Crippen molar-refractivity contribution in [1.29, 1.82) is 0 Å². The molecule has 19 heavy (non-hydrogen) atoms. The highest BCUT2D eigenvalue weighted by Gasteiger charge is 2.34. The van der Waals surface area contributed by atoms with E-state index in [2.05, 4.69) is 10.0 Å². The number of hydrogen-bond donors (Lipinski definition) is 2. The Labute approximate surface area is 114 Å². The quantitative estimate of drug-likeness (QED) is 0.815. The van der Waals surface area contributed by atoms with Crippen LogP contribution in [-0.4, -0.2) is 28.6 Å². The van der Waals surface area contributed by atoms with Gasteiger partial charge in [-0.3, -0.25) is 0 Å². The fraction of sp³-hybridized carbons (Fsp3) is 0.400. The summed E-state index contributed by atoms with van der Waals surface area (Å²) in [4.78, 5) is -0.472. The zero-order valence-corrected chi connectivity index (χ0v) is 11.5. The van der Waals surface area contributed by atoms with Gasteiger partial charge in [0.05, 0.1) is 15.5 Å². The van der Waals surface area contributed by atoms with E-state index < -0.39 is 31.7 Å². The van der Waals surface area contributed by atoms with Gasteiger partial charge < -0.3 is 5.32 Å². The number of nitrogens with one attached hydrogen (secondary N) is 2. The molecular weight excluding hydrogens is 305 g/mol. The maximum atomic E-state index is 12.6. The number of alkyl halides is 3. The van der Waals surface area contributed by atoms with E-state index in [1.54, 1.807) is 7.05 Å². The van der Waals surface area contributed by atoms with Gasteiger partial charge in [0.15, 0.2) is 0 Å². The fourth-order valence-electron chi connectivity index (χ4n) is 1.28. The van der Waals surface area contributed by atoms with E-state index in [1.807, 2.05) is 0 Å². The number of sulfonamides is 1. The van der Waals surface area contributed by atoms with Crippen LogP contribution in [0.3, 0.4) is 0 Å². The second-order valence-corrected chi connectivity index (χ2v) is 5.81. The van der Waals surface area contributed by atoms with Crippen molar-refractivity contribution in [2.75, 3.05) is 20.1 Å². The molecule has 9 heteroatoms. The van der Waals surface area contributed by atoms with Crippen molar-refractivity contribution in [3.8, 4) is 0 Å². The van der Waals surface area contributed by atoms with Crippen molar-refractivity contribution in [1.82, 2.24) is 10.0 Å². The smallest absolute Gasteiger partial charge is 0.318 e. The Kier molecular flexibility index (Phi) is 5.19.